The molecule has 6 fully saturated rings. The van der Waals surface area contributed by atoms with Crippen LogP contribution in [0.3, 0.4) is 0 Å². The second-order valence-corrected chi connectivity index (χ2v) is 10.9. The molecule has 1 N–H and O–H groups in total. The Hall–Kier alpha value is -0.530. The van der Waals surface area contributed by atoms with Gasteiger partial charge in [-0.3, -0.25) is 4.79 Å². The van der Waals surface area contributed by atoms with E-state index >= 15 is 0 Å². The summed E-state index contributed by atoms with van der Waals surface area (Å²) in [5.41, 5.74) is -1.73. The molecule has 6 aliphatic rings. The summed E-state index contributed by atoms with van der Waals surface area (Å²) in [4.78, 5) is 13.4. The summed E-state index contributed by atoms with van der Waals surface area (Å²) in [6.45, 7) is 6.51. The molecule has 0 aromatic carbocycles. The highest BCUT2D eigenvalue weighted by Crippen LogP contribution is 2.72. The fraction of sp³-hybridized carbons (Fsp3) is 0.957. The number of Topliss-reactive ketones (excluding diaryl/α,β-unsaturated/α-hetero) is 1. The van der Waals surface area contributed by atoms with Gasteiger partial charge < -0.3 is 24.1 Å². The van der Waals surface area contributed by atoms with Crippen LogP contribution in [0.15, 0.2) is 0 Å². The lowest BCUT2D eigenvalue weighted by Gasteiger charge is -2.63. The summed E-state index contributed by atoms with van der Waals surface area (Å²) < 4.78 is 25.4. The first-order valence-corrected chi connectivity index (χ1v) is 11.6. The first kappa shape index (κ1) is 19.2. The zero-order valence-electron chi connectivity index (χ0n) is 17.7. The van der Waals surface area contributed by atoms with Gasteiger partial charge in [-0.2, -0.15) is 0 Å². The van der Waals surface area contributed by atoms with Gasteiger partial charge in [0.1, 0.15) is 5.60 Å². The molecule has 0 aromatic heterocycles. The third kappa shape index (κ3) is 2.00. The zero-order valence-corrected chi connectivity index (χ0v) is 17.7. The quantitative estimate of drug-likeness (QED) is 0.667. The highest BCUT2D eigenvalue weighted by Gasteiger charge is 2.80. The summed E-state index contributed by atoms with van der Waals surface area (Å²) in [7, 11) is 0. The monoisotopic (exact) mass is 406 g/mol. The predicted octanol–water partition coefficient (Wildman–Crippen LogP) is 2.81. The van der Waals surface area contributed by atoms with E-state index in [0.29, 0.717) is 51.6 Å². The maximum Gasteiger partial charge on any atom is 0.229 e. The molecular weight excluding hydrogens is 372 g/mol. The third-order valence-electron chi connectivity index (χ3n) is 10.1. The molecule has 162 valence electrons. The second-order valence-electron chi connectivity index (χ2n) is 10.9. The van der Waals surface area contributed by atoms with Gasteiger partial charge in [0.2, 0.25) is 11.6 Å². The lowest BCUT2D eigenvalue weighted by Crippen LogP contribution is -2.70. The number of ether oxygens (including phenoxy) is 4. The van der Waals surface area contributed by atoms with E-state index in [1.807, 2.05) is 0 Å². The standard InChI is InChI=1S/C23H34O6/c1-19-6-3-4-7-21(19,25)18(24)13-15-16(19)5-8-20(2)17(15)14-22-23(20,28-11-9-26-22)29-12-10-27-22/h15-17,25H,3-14H2,1-2H3/t15-,16+,17+,19-,20+,21+,22?,23?/m1/s1. The van der Waals surface area contributed by atoms with Crippen LogP contribution in [0.2, 0.25) is 0 Å². The Bertz CT molecular complexity index is 725. The fourth-order valence-electron chi connectivity index (χ4n) is 8.75. The van der Waals surface area contributed by atoms with Crippen LogP contribution in [0.5, 0.6) is 0 Å². The van der Waals surface area contributed by atoms with Crippen molar-refractivity contribution < 1.29 is 28.8 Å². The molecule has 0 aromatic rings. The number of fused-ring (bicyclic) bond motifs is 5. The molecule has 0 radical (unpaired) electrons. The lowest BCUT2D eigenvalue weighted by molar-refractivity contribution is -0.474. The average molecular weight is 407 g/mol. The molecule has 6 rings (SSSR count). The van der Waals surface area contributed by atoms with Crippen molar-refractivity contribution in [3.05, 3.63) is 0 Å². The van der Waals surface area contributed by atoms with Crippen molar-refractivity contribution in [3.63, 3.8) is 0 Å². The smallest absolute Gasteiger partial charge is 0.229 e. The van der Waals surface area contributed by atoms with E-state index in [9.17, 15) is 9.90 Å². The van der Waals surface area contributed by atoms with Crippen molar-refractivity contribution in [2.45, 2.75) is 82.4 Å². The van der Waals surface area contributed by atoms with Crippen LogP contribution in [-0.2, 0) is 23.7 Å². The van der Waals surface area contributed by atoms with Gasteiger partial charge in [-0.15, -0.1) is 0 Å². The van der Waals surface area contributed by atoms with Gasteiger partial charge in [0, 0.05) is 23.7 Å². The summed E-state index contributed by atoms with van der Waals surface area (Å²) in [6, 6.07) is 0. The summed E-state index contributed by atoms with van der Waals surface area (Å²) >= 11 is 0. The van der Waals surface area contributed by atoms with Gasteiger partial charge in [-0.05, 0) is 43.4 Å². The number of ketones is 1. The Balaban J connectivity index is 1.44. The Morgan fingerprint density at radius 3 is 2.24 bits per heavy atom. The minimum Gasteiger partial charge on any atom is -0.381 e. The third-order valence-corrected chi connectivity index (χ3v) is 10.1. The van der Waals surface area contributed by atoms with Gasteiger partial charge in [-0.25, -0.2) is 0 Å². The van der Waals surface area contributed by atoms with Crippen LogP contribution in [0, 0.1) is 28.6 Å². The van der Waals surface area contributed by atoms with E-state index in [1.165, 1.54) is 0 Å². The second kappa shape index (κ2) is 5.83. The van der Waals surface area contributed by atoms with Gasteiger partial charge in [0.15, 0.2) is 5.78 Å². The molecule has 6 atom stereocenters. The number of aliphatic hydroxyl groups is 1. The maximum absolute atomic E-state index is 13.4. The van der Waals surface area contributed by atoms with E-state index in [0.717, 1.165) is 32.1 Å². The number of hydrogen-bond acceptors (Lipinski definition) is 6. The highest BCUT2D eigenvalue weighted by atomic mass is 16.8. The van der Waals surface area contributed by atoms with Crippen molar-refractivity contribution in [1.29, 1.82) is 0 Å². The molecule has 4 saturated carbocycles. The van der Waals surface area contributed by atoms with Crippen molar-refractivity contribution in [1.82, 2.24) is 0 Å². The largest absolute Gasteiger partial charge is 0.381 e. The number of carbonyl (C=O) groups is 1. The fourth-order valence-corrected chi connectivity index (χ4v) is 8.75. The molecule has 6 nitrogen and oxygen atoms in total. The van der Waals surface area contributed by atoms with E-state index in [2.05, 4.69) is 13.8 Å². The molecule has 4 aliphatic carbocycles. The van der Waals surface area contributed by atoms with E-state index in [-0.39, 0.29) is 28.4 Å². The van der Waals surface area contributed by atoms with Crippen molar-refractivity contribution >= 4 is 5.78 Å². The molecule has 29 heavy (non-hydrogen) atoms. The summed E-state index contributed by atoms with van der Waals surface area (Å²) in [5.74, 6) is -0.884. The predicted molar refractivity (Wildman–Crippen MR) is 103 cm³/mol. The lowest BCUT2D eigenvalue weighted by atomic mass is 9.43. The first-order valence-electron chi connectivity index (χ1n) is 11.6. The molecule has 0 bridgehead atoms. The van der Waals surface area contributed by atoms with Crippen molar-refractivity contribution in [3.8, 4) is 0 Å². The number of carbonyl (C=O) groups excluding carboxylic acids is 1. The molecule has 2 aliphatic heterocycles. The minimum absolute atomic E-state index is 0.0571. The molecule has 2 heterocycles. The van der Waals surface area contributed by atoms with Crippen LogP contribution in [-0.4, -0.2) is 54.5 Å². The van der Waals surface area contributed by atoms with Crippen LogP contribution in [0.1, 0.15) is 65.2 Å². The zero-order chi connectivity index (χ0) is 20.1. The summed E-state index contributed by atoms with van der Waals surface area (Å²) in [6.07, 6.45) is 6.74. The number of hydrogen-bond donors (Lipinski definition) is 1. The number of rotatable bonds is 0. The Kier molecular flexibility index (Phi) is 3.85. The molecule has 6 heteroatoms. The van der Waals surface area contributed by atoms with E-state index in [1.54, 1.807) is 0 Å². The molecule has 0 spiro atoms. The highest BCUT2D eigenvalue weighted by molar-refractivity contribution is 5.89. The normalized spacial score (nSPS) is 59.1. The Labute approximate surface area is 172 Å². The molecular formula is C23H34O6. The van der Waals surface area contributed by atoms with Gasteiger partial charge in [-0.1, -0.05) is 26.7 Å². The molecule has 0 unspecified atom stereocenters. The maximum atomic E-state index is 13.4. The van der Waals surface area contributed by atoms with Crippen molar-refractivity contribution in [2.75, 3.05) is 26.4 Å². The van der Waals surface area contributed by atoms with Gasteiger partial charge in [0.25, 0.3) is 0 Å². The van der Waals surface area contributed by atoms with Gasteiger partial charge >= 0.3 is 0 Å². The first-order chi connectivity index (χ1) is 13.8. The van der Waals surface area contributed by atoms with E-state index in [4.69, 9.17) is 18.9 Å². The molecule has 2 saturated heterocycles. The van der Waals surface area contributed by atoms with Gasteiger partial charge in [0.05, 0.1) is 26.4 Å². The summed E-state index contributed by atoms with van der Waals surface area (Å²) in [5, 5.41) is 11.5. The molecule has 0 amide bonds. The Morgan fingerprint density at radius 2 is 1.52 bits per heavy atom. The van der Waals surface area contributed by atoms with Crippen LogP contribution < -0.4 is 0 Å². The average Bonchev–Trinajstić information content (AvgIpc) is 2.96. The van der Waals surface area contributed by atoms with E-state index < -0.39 is 17.2 Å². The van der Waals surface area contributed by atoms with Crippen LogP contribution in [0.4, 0.5) is 0 Å². The minimum atomic E-state index is -1.14. The Morgan fingerprint density at radius 1 is 0.862 bits per heavy atom. The topological polar surface area (TPSA) is 74.2 Å². The SMILES string of the molecule is C[C@]12CC[C@H]3[C@@H](CC(=O)[C@@]4(O)CCCC[C@]34C)[C@@H]1CC13OCCOC12OCCO3. The van der Waals surface area contributed by atoms with Crippen LogP contribution >= 0.6 is 0 Å². The van der Waals surface area contributed by atoms with Crippen molar-refractivity contribution in [2.24, 2.45) is 28.6 Å². The van der Waals surface area contributed by atoms with Crippen LogP contribution in [0.25, 0.3) is 0 Å².